The lowest BCUT2D eigenvalue weighted by Crippen LogP contribution is -2.25. The molecule has 1 amide bonds. The molecule has 0 bridgehead atoms. The summed E-state index contributed by atoms with van der Waals surface area (Å²) in [6.07, 6.45) is 1.01. The number of benzene rings is 1. The zero-order valence-corrected chi connectivity index (χ0v) is 16.0. The third-order valence-electron chi connectivity index (χ3n) is 3.84. The Labute approximate surface area is 161 Å². The maximum atomic E-state index is 12.2. The van der Waals surface area contributed by atoms with Gasteiger partial charge in [-0.05, 0) is 26.0 Å². The minimum Gasteiger partial charge on any atom is -0.494 e. The van der Waals surface area contributed by atoms with Crippen molar-refractivity contribution in [3.8, 4) is 11.5 Å². The zero-order chi connectivity index (χ0) is 19.4. The van der Waals surface area contributed by atoms with Gasteiger partial charge in [0.15, 0.2) is 5.16 Å². The summed E-state index contributed by atoms with van der Waals surface area (Å²) in [6, 6.07) is 3.93. The van der Waals surface area contributed by atoms with E-state index in [2.05, 4.69) is 20.3 Å². The lowest BCUT2D eigenvalue weighted by molar-refractivity contribution is -0.118. The fraction of sp³-hybridized carbons (Fsp3) is 0.412. The van der Waals surface area contributed by atoms with E-state index in [1.54, 1.807) is 0 Å². The van der Waals surface area contributed by atoms with E-state index in [0.29, 0.717) is 18.3 Å². The quantitative estimate of drug-likeness (QED) is 0.594. The molecule has 1 aromatic heterocycles. The maximum absolute atomic E-state index is 12.2. The van der Waals surface area contributed by atoms with E-state index in [1.165, 1.54) is 0 Å². The first-order chi connectivity index (χ1) is 12.9. The molecule has 0 saturated carbocycles. The minimum absolute atomic E-state index is 0.0270. The molecule has 1 aromatic carbocycles. The van der Waals surface area contributed by atoms with E-state index in [1.807, 2.05) is 26.0 Å². The van der Waals surface area contributed by atoms with Gasteiger partial charge in [-0.2, -0.15) is 15.0 Å². The number of nitrogens with two attached hydrogens (primary N) is 2. The van der Waals surface area contributed by atoms with Gasteiger partial charge in [-0.15, -0.1) is 0 Å². The van der Waals surface area contributed by atoms with Crippen molar-refractivity contribution in [2.24, 2.45) is 0 Å². The molecule has 2 heterocycles. The first kappa shape index (κ1) is 19.0. The van der Waals surface area contributed by atoms with Crippen molar-refractivity contribution in [2.75, 3.05) is 23.8 Å². The second kappa shape index (κ2) is 8.30. The number of hydrogen-bond donors (Lipinski definition) is 3. The molecule has 144 valence electrons. The summed E-state index contributed by atoms with van der Waals surface area (Å²) >= 11 is 1.14. The number of aromatic nitrogens is 3. The fourth-order valence-electron chi connectivity index (χ4n) is 2.74. The SMILES string of the molecule is CCOc1cc2c(cc1CNC(=O)CSc1nc(N)nc(N)n1)O[C@H](C)C2. The highest BCUT2D eigenvalue weighted by atomic mass is 32.2. The highest BCUT2D eigenvalue weighted by molar-refractivity contribution is 7.99. The van der Waals surface area contributed by atoms with Crippen molar-refractivity contribution in [2.45, 2.75) is 38.1 Å². The number of ether oxygens (including phenoxy) is 2. The molecule has 1 aliphatic heterocycles. The van der Waals surface area contributed by atoms with Gasteiger partial charge < -0.3 is 26.3 Å². The van der Waals surface area contributed by atoms with Crippen molar-refractivity contribution >= 4 is 29.6 Å². The number of hydrogen-bond acceptors (Lipinski definition) is 9. The van der Waals surface area contributed by atoms with Crippen LogP contribution in [0.15, 0.2) is 17.3 Å². The highest BCUT2D eigenvalue weighted by Crippen LogP contribution is 2.35. The van der Waals surface area contributed by atoms with Crippen LogP contribution >= 0.6 is 11.8 Å². The van der Waals surface area contributed by atoms with Crippen molar-refractivity contribution in [1.29, 1.82) is 0 Å². The molecule has 1 atom stereocenters. The van der Waals surface area contributed by atoms with Crippen molar-refractivity contribution < 1.29 is 14.3 Å². The summed E-state index contributed by atoms with van der Waals surface area (Å²) in [5, 5.41) is 3.18. The average molecular weight is 390 g/mol. The lowest BCUT2D eigenvalue weighted by Gasteiger charge is -2.13. The van der Waals surface area contributed by atoms with Gasteiger partial charge in [-0.3, -0.25) is 4.79 Å². The Balaban J connectivity index is 1.60. The molecule has 1 aliphatic rings. The Kier molecular flexibility index (Phi) is 5.84. The molecule has 27 heavy (non-hydrogen) atoms. The third kappa shape index (κ3) is 4.91. The molecule has 3 rings (SSSR count). The molecule has 9 nitrogen and oxygen atoms in total. The second-order valence-electron chi connectivity index (χ2n) is 6.03. The molecule has 0 spiro atoms. The normalized spacial score (nSPS) is 15.1. The largest absolute Gasteiger partial charge is 0.494 e. The summed E-state index contributed by atoms with van der Waals surface area (Å²) in [7, 11) is 0. The minimum atomic E-state index is -0.171. The fourth-order valence-corrected chi connectivity index (χ4v) is 3.42. The van der Waals surface area contributed by atoms with Crippen LogP contribution in [0, 0.1) is 0 Å². The van der Waals surface area contributed by atoms with Gasteiger partial charge in [0.05, 0.1) is 12.4 Å². The monoisotopic (exact) mass is 390 g/mol. The van der Waals surface area contributed by atoms with Crippen molar-refractivity contribution in [1.82, 2.24) is 20.3 Å². The van der Waals surface area contributed by atoms with Crippen LogP contribution in [0.25, 0.3) is 0 Å². The third-order valence-corrected chi connectivity index (χ3v) is 4.68. The number of fused-ring (bicyclic) bond motifs is 1. The molecule has 0 aliphatic carbocycles. The number of rotatable bonds is 7. The van der Waals surface area contributed by atoms with E-state index in [9.17, 15) is 4.79 Å². The van der Waals surface area contributed by atoms with Gasteiger partial charge in [0, 0.05) is 24.1 Å². The Bertz CT molecular complexity index is 827. The first-order valence-electron chi connectivity index (χ1n) is 8.56. The number of thioether (sulfide) groups is 1. The molecule has 0 unspecified atom stereocenters. The molecule has 2 aromatic rings. The summed E-state index contributed by atoms with van der Waals surface area (Å²) < 4.78 is 11.5. The molecule has 0 saturated heterocycles. The first-order valence-corrected chi connectivity index (χ1v) is 9.55. The van der Waals surface area contributed by atoms with Crippen LogP contribution < -0.4 is 26.3 Å². The molecule has 5 N–H and O–H groups in total. The zero-order valence-electron chi connectivity index (χ0n) is 15.2. The number of nitrogens with zero attached hydrogens (tertiary/aromatic N) is 3. The van der Waals surface area contributed by atoms with Crippen LogP contribution in [0.4, 0.5) is 11.9 Å². The van der Waals surface area contributed by atoms with Crippen LogP contribution in [0.2, 0.25) is 0 Å². The van der Waals surface area contributed by atoms with Gasteiger partial charge in [-0.1, -0.05) is 11.8 Å². The van der Waals surface area contributed by atoms with E-state index in [0.717, 1.165) is 40.8 Å². The number of nitrogen functional groups attached to an aromatic ring is 2. The van der Waals surface area contributed by atoms with E-state index in [-0.39, 0.29) is 29.7 Å². The van der Waals surface area contributed by atoms with Crippen LogP contribution in [-0.4, -0.2) is 39.3 Å². The maximum Gasteiger partial charge on any atom is 0.230 e. The Morgan fingerprint density at radius 3 is 2.78 bits per heavy atom. The Morgan fingerprint density at radius 2 is 2.07 bits per heavy atom. The van der Waals surface area contributed by atoms with Gasteiger partial charge >= 0.3 is 0 Å². The number of nitrogens with one attached hydrogen (secondary N) is 1. The van der Waals surface area contributed by atoms with Crippen LogP contribution in [0.1, 0.15) is 25.0 Å². The van der Waals surface area contributed by atoms with Gasteiger partial charge in [0.1, 0.15) is 17.6 Å². The molecule has 10 heteroatoms. The molecular formula is C17H22N6O3S. The van der Waals surface area contributed by atoms with Crippen LogP contribution in [-0.2, 0) is 17.8 Å². The second-order valence-corrected chi connectivity index (χ2v) is 6.98. The van der Waals surface area contributed by atoms with E-state index >= 15 is 0 Å². The summed E-state index contributed by atoms with van der Waals surface area (Å²) in [6.45, 7) is 4.84. The smallest absolute Gasteiger partial charge is 0.230 e. The van der Waals surface area contributed by atoms with Crippen molar-refractivity contribution in [3.63, 3.8) is 0 Å². The summed E-state index contributed by atoms with van der Waals surface area (Å²) in [5.41, 5.74) is 13.0. The molecule has 0 fully saturated rings. The van der Waals surface area contributed by atoms with Crippen molar-refractivity contribution in [3.05, 3.63) is 23.3 Å². The van der Waals surface area contributed by atoms with Gasteiger partial charge in [0.25, 0.3) is 0 Å². The summed E-state index contributed by atoms with van der Waals surface area (Å²) in [4.78, 5) is 23.7. The van der Waals surface area contributed by atoms with Crippen LogP contribution in [0.3, 0.4) is 0 Å². The highest BCUT2D eigenvalue weighted by Gasteiger charge is 2.22. The van der Waals surface area contributed by atoms with Crippen LogP contribution in [0.5, 0.6) is 11.5 Å². The lowest BCUT2D eigenvalue weighted by atomic mass is 10.1. The predicted molar refractivity (Wildman–Crippen MR) is 103 cm³/mol. The molecule has 0 radical (unpaired) electrons. The van der Waals surface area contributed by atoms with Gasteiger partial charge in [-0.25, -0.2) is 0 Å². The summed E-state index contributed by atoms with van der Waals surface area (Å²) in [5.74, 6) is 1.62. The van der Waals surface area contributed by atoms with Gasteiger partial charge in [0.2, 0.25) is 17.8 Å². The number of anilines is 2. The molecular weight excluding hydrogens is 368 g/mol. The Morgan fingerprint density at radius 1 is 1.33 bits per heavy atom. The number of carbonyl (C=O) groups is 1. The van der Waals surface area contributed by atoms with E-state index in [4.69, 9.17) is 20.9 Å². The standard InChI is InChI=1S/C17H22N6O3S/c1-3-25-12-5-10-4-9(2)26-13(10)6-11(12)7-20-14(24)8-27-17-22-15(18)21-16(19)23-17/h5-6,9H,3-4,7-8H2,1-2H3,(H,20,24)(H4,18,19,21,22,23)/t9-/m1/s1. The average Bonchev–Trinajstić information content (AvgIpc) is 2.96. The Hall–Kier alpha value is -2.75. The number of amides is 1. The predicted octanol–water partition coefficient (Wildman–Crippen LogP) is 1.17. The van der Waals surface area contributed by atoms with E-state index < -0.39 is 0 Å². The topological polar surface area (TPSA) is 138 Å². The number of carbonyl (C=O) groups excluding carboxylic acids is 1.